The van der Waals surface area contributed by atoms with E-state index in [0.29, 0.717) is 32.2 Å². The van der Waals surface area contributed by atoms with Crippen LogP contribution in [0, 0.1) is 0 Å². The lowest BCUT2D eigenvalue weighted by molar-refractivity contribution is 0.0690. The van der Waals surface area contributed by atoms with Crippen LogP contribution >= 0.6 is 0 Å². The first kappa shape index (κ1) is 15.5. The highest BCUT2D eigenvalue weighted by atomic mass is 16.5. The Labute approximate surface area is 134 Å². The predicted octanol–water partition coefficient (Wildman–Crippen LogP) is 1.81. The van der Waals surface area contributed by atoms with Crippen LogP contribution in [0.4, 0.5) is 0 Å². The minimum Gasteiger partial charge on any atom is -0.479 e. The molecule has 7 heteroatoms. The SMILES string of the molecule is CCOCc1cncc2c1CCN(C(=O)c1cc(OC)no1)C2. The standard InChI is InChI=1S/C16H19N3O4/c1-3-22-10-12-8-17-7-11-9-19(5-4-13(11)12)16(20)14-6-15(21-2)18-23-14/h6-8H,3-5,9-10H2,1-2H3. The van der Waals surface area contributed by atoms with Crippen LogP contribution in [0.5, 0.6) is 5.88 Å². The molecule has 1 aliphatic rings. The molecule has 122 valence electrons. The fraction of sp³-hybridized carbons (Fsp3) is 0.438. The highest BCUT2D eigenvalue weighted by Crippen LogP contribution is 2.24. The first-order valence-electron chi connectivity index (χ1n) is 7.55. The van der Waals surface area contributed by atoms with Crippen molar-refractivity contribution in [3.8, 4) is 5.88 Å². The summed E-state index contributed by atoms with van der Waals surface area (Å²) in [7, 11) is 1.48. The quantitative estimate of drug-likeness (QED) is 0.837. The third-order valence-corrected chi connectivity index (χ3v) is 3.89. The molecule has 0 fully saturated rings. The van der Waals surface area contributed by atoms with E-state index in [9.17, 15) is 4.79 Å². The summed E-state index contributed by atoms with van der Waals surface area (Å²) in [5, 5.41) is 3.67. The average molecular weight is 317 g/mol. The first-order valence-corrected chi connectivity index (χ1v) is 7.55. The van der Waals surface area contributed by atoms with E-state index in [-0.39, 0.29) is 11.7 Å². The van der Waals surface area contributed by atoms with Crippen LogP contribution in [0.2, 0.25) is 0 Å². The maximum atomic E-state index is 12.5. The average Bonchev–Trinajstić information content (AvgIpc) is 3.07. The second kappa shape index (κ2) is 6.78. The van der Waals surface area contributed by atoms with Gasteiger partial charge in [0.25, 0.3) is 11.8 Å². The van der Waals surface area contributed by atoms with E-state index >= 15 is 0 Å². The number of carbonyl (C=O) groups excluding carboxylic acids is 1. The molecule has 0 saturated carbocycles. The Morgan fingerprint density at radius 3 is 3.04 bits per heavy atom. The van der Waals surface area contributed by atoms with Crippen LogP contribution in [0.1, 0.15) is 34.2 Å². The van der Waals surface area contributed by atoms with E-state index in [1.54, 1.807) is 4.90 Å². The van der Waals surface area contributed by atoms with Gasteiger partial charge in [0.2, 0.25) is 5.76 Å². The number of aromatic nitrogens is 2. The van der Waals surface area contributed by atoms with Crippen molar-refractivity contribution in [2.75, 3.05) is 20.3 Å². The normalized spacial score (nSPS) is 13.7. The third-order valence-electron chi connectivity index (χ3n) is 3.89. The van der Waals surface area contributed by atoms with Gasteiger partial charge in [-0.2, -0.15) is 0 Å². The summed E-state index contributed by atoms with van der Waals surface area (Å²) < 4.78 is 15.5. The maximum Gasteiger partial charge on any atom is 0.292 e. The van der Waals surface area contributed by atoms with Crippen molar-refractivity contribution in [2.24, 2.45) is 0 Å². The van der Waals surface area contributed by atoms with Gasteiger partial charge in [-0.05, 0) is 35.2 Å². The number of pyridine rings is 1. The van der Waals surface area contributed by atoms with Crippen LogP contribution < -0.4 is 4.74 Å². The monoisotopic (exact) mass is 317 g/mol. The van der Waals surface area contributed by atoms with Crippen molar-refractivity contribution in [3.05, 3.63) is 40.9 Å². The van der Waals surface area contributed by atoms with E-state index in [4.69, 9.17) is 14.0 Å². The van der Waals surface area contributed by atoms with E-state index in [1.807, 2.05) is 19.3 Å². The van der Waals surface area contributed by atoms with Gasteiger partial charge >= 0.3 is 0 Å². The van der Waals surface area contributed by atoms with Gasteiger partial charge in [-0.25, -0.2) is 0 Å². The number of nitrogens with zero attached hydrogens (tertiary/aromatic N) is 3. The fourth-order valence-corrected chi connectivity index (χ4v) is 2.69. The van der Waals surface area contributed by atoms with Crippen LogP contribution in [-0.4, -0.2) is 41.2 Å². The molecular weight excluding hydrogens is 298 g/mol. The lowest BCUT2D eigenvalue weighted by Gasteiger charge is -2.29. The summed E-state index contributed by atoms with van der Waals surface area (Å²) in [5.74, 6) is 0.289. The number of fused-ring (bicyclic) bond motifs is 1. The molecule has 3 heterocycles. The van der Waals surface area contributed by atoms with Gasteiger partial charge in [-0.1, -0.05) is 0 Å². The largest absolute Gasteiger partial charge is 0.479 e. The molecule has 0 spiro atoms. The molecule has 0 aromatic carbocycles. The second-order valence-electron chi connectivity index (χ2n) is 5.28. The zero-order valence-corrected chi connectivity index (χ0v) is 13.2. The zero-order valence-electron chi connectivity index (χ0n) is 13.2. The number of rotatable bonds is 5. The topological polar surface area (TPSA) is 77.7 Å². The van der Waals surface area contributed by atoms with Gasteiger partial charge in [0.1, 0.15) is 0 Å². The van der Waals surface area contributed by atoms with Crippen LogP contribution in [0.3, 0.4) is 0 Å². The molecule has 0 N–H and O–H groups in total. The van der Waals surface area contributed by atoms with Crippen molar-refractivity contribution in [1.29, 1.82) is 0 Å². The highest BCUT2D eigenvalue weighted by Gasteiger charge is 2.26. The molecule has 0 atom stereocenters. The molecule has 3 rings (SSSR count). The van der Waals surface area contributed by atoms with Crippen LogP contribution in [0.25, 0.3) is 0 Å². The smallest absolute Gasteiger partial charge is 0.292 e. The fourth-order valence-electron chi connectivity index (χ4n) is 2.69. The lowest BCUT2D eigenvalue weighted by atomic mass is 9.97. The molecule has 2 aromatic rings. The number of hydrogen-bond acceptors (Lipinski definition) is 6. The molecule has 0 radical (unpaired) electrons. The number of amides is 1. The molecule has 0 saturated heterocycles. The van der Waals surface area contributed by atoms with Crippen molar-refractivity contribution < 1.29 is 18.8 Å². The highest BCUT2D eigenvalue weighted by molar-refractivity contribution is 5.91. The Kier molecular flexibility index (Phi) is 4.57. The Morgan fingerprint density at radius 1 is 1.43 bits per heavy atom. The Morgan fingerprint density at radius 2 is 2.30 bits per heavy atom. The predicted molar refractivity (Wildman–Crippen MR) is 81.1 cm³/mol. The van der Waals surface area contributed by atoms with Crippen LogP contribution in [0.15, 0.2) is 23.0 Å². The van der Waals surface area contributed by atoms with Gasteiger partial charge in [0.05, 0.1) is 19.8 Å². The number of methoxy groups -OCH3 is 1. The molecule has 7 nitrogen and oxygen atoms in total. The Hall–Kier alpha value is -2.41. The zero-order chi connectivity index (χ0) is 16.2. The third kappa shape index (κ3) is 3.19. The number of ether oxygens (including phenoxy) is 2. The molecule has 0 unspecified atom stereocenters. The van der Waals surface area contributed by atoms with Gasteiger partial charge in [-0.3, -0.25) is 9.78 Å². The van der Waals surface area contributed by atoms with Gasteiger partial charge in [0.15, 0.2) is 0 Å². The molecular formula is C16H19N3O4. The summed E-state index contributed by atoms with van der Waals surface area (Å²) in [6.07, 6.45) is 4.43. The molecule has 23 heavy (non-hydrogen) atoms. The molecule has 1 amide bonds. The summed E-state index contributed by atoms with van der Waals surface area (Å²) in [6.45, 7) is 4.32. The maximum absolute atomic E-state index is 12.5. The van der Waals surface area contributed by atoms with Crippen molar-refractivity contribution in [3.63, 3.8) is 0 Å². The minimum atomic E-state index is -0.193. The number of hydrogen-bond donors (Lipinski definition) is 0. The van der Waals surface area contributed by atoms with E-state index in [0.717, 1.165) is 17.5 Å². The molecule has 0 bridgehead atoms. The second-order valence-corrected chi connectivity index (χ2v) is 5.28. The van der Waals surface area contributed by atoms with Crippen molar-refractivity contribution in [2.45, 2.75) is 26.5 Å². The van der Waals surface area contributed by atoms with Gasteiger partial charge < -0.3 is 18.9 Å². The first-order chi connectivity index (χ1) is 11.2. The summed E-state index contributed by atoms with van der Waals surface area (Å²) >= 11 is 0. The van der Waals surface area contributed by atoms with E-state index in [2.05, 4.69) is 10.1 Å². The summed E-state index contributed by atoms with van der Waals surface area (Å²) in [6, 6.07) is 1.50. The molecule has 2 aromatic heterocycles. The van der Waals surface area contributed by atoms with Gasteiger partial charge in [-0.15, -0.1) is 0 Å². The molecule has 1 aliphatic heterocycles. The van der Waals surface area contributed by atoms with Crippen LogP contribution in [-0.2, 0) is 24.3 Å². The minimum absolute atomic E-state index is 0.184. The lowest BCUT2D eigenvalue weighted by Crippen LogP contribution is -2.36. The van der Waals surface area contributed by atoms with Crippen molar-refractivity contribution in [1.82, 2.24) is 15.0 Å². The van der Waals surface area contributed by atoms with Gasteiger partial charge in [0, 0.05) is 32.1 Å². The Balaban J connectivity index is 1.76. The van der Waals surface area contributed by atoms with Crippen molar-refractivity contribution >= 4 is 5.91 Å². The van der Waals surface area contributed by atoms with E-state index < -0.39 is 0 Å². The number of carbonyl (C=O) groups is 1. The molecule has 0 aliphatic carbocycles. The van der Waals surface area contributed by atoms with E-state index in [1.165, 1.54) is 18.7 Å². The Bertz CT molecular complexity index is 698. The summed E-state index contributed by atoms with van der Waals surface area (Å²) in [4.78, 5) is 18.5. The summed E-state index contributed by atoms with van der Waals surface area (Å²) in [5.41, 5.74) is 3.37.